The van der Waals surface area contributed by atoms with Crippen molar-refractivity contribution >= 4 is 27.3 Å². The van der Waals surface area contributed by atoms with Gasteiger partial charge in [-0.15, -0.1) is 11.3 Å². The van der Waals surface area contributed by atoms with Crippen LogP contribution in [0.1, 0.15) is 37.7 Å². The van der Waals surface area contributed by atoms with Gasteiger partial charge in [0.05, 0.1) is 5.92 Å². The fourth-order valence-electron chi connectivity index (χ4n) is 4.58. The van der Waals surface area contributed by atoms with Crippen LogP contribution in [0.15, 0.2) is 46.2 Å². The standard InChI is InChI=1S/C20H25N3O3S2/c24-19(22-13-16-6-10-21-11-7-16)17-14-23(15-20(17)8-2-1-3-9-20)28(25,26)18-5-4-12-27-18/h4-7,10-12,17H,1-3,8-9,13-15H2,(H,22,24). The second kappa shape index (κ2) is 7.93. The zero-order chi connectivity index (χ0) is 19.6. The summed E-state index contributed by atoms with van der Waals surface area (Å²) in [6.45, 7) is 1.15. The van der Waals surface area contributed by atoms with Crippen LogP contribution in [-0.2, 0) is 21.4 Å². The van der Waals surface area contributed by atoms with Crippen LogP contribution in [0.5, 0.6) is 0 Å². The predicted molar refractivity (Wildman–Crippen MR) is 108 cm³/mol. The number of carbonyl (C=O) groups excluding carboxylic acids is 1. The lowest BCUT2D eigenvalue weighted by Crippen LogP contribution is -2.42. The molecule has 150 valence electrons. The van der Waals surface area contributed by atoms with Gasteiger partial charge in [0.1, 0.15) is 4.21 Å². The molecule has 1 aliphatic heterocycles. The lowest BCUT2D eigenvalue weighted by atomic mass is 9.67. The fourth-order valence-corrected chi connectivity index (χ4v) is 7.28. The SMILES string of the molecule is O=C(NCc1ccncc1)C1CN(S(=O)(=O)c2cccs2)CC12CCCCC2. The van der Waals surface area contributed by atoms with E-state index in [0.717, 1.165) is 37.7 Å². The van der Waals surface area contributed by atoms with Crippen LogP contribution in [0.3, 0.4) is 0 Å². The van der Waals surface area contributed by atoms with Crippen LogP contribution in [0.4, 0.5) is 0 Å². The Balaban J connectivity index is 1.54. The molecule has 3 heterocycles. The molecule has 1 saturated carbocycles. The molecular formula is C20H25N3O3S2. The highest BCUT2D eigenvalue weighted by atomic mass is 32.2. The summed E-state index contributed by atoms with van der Waals surface area (Å²) in [5.41, 5.74) is 0.743. The van der Waals surface area contributed by atoms with E-state index in [-0.39, 0.29) is 23.8 Å². The summed E-state index contributed by atoms with van der Waals surface area (Å²) in [4.78, 5) is 17.1. The largest absolute Gasteiger partial charge is 0.352 e. The van der Waals surface area contributed by atoms with Gasteiger partial charge in [-0.3, -0.25) is 9.78 Å². The molecule has 1 unspecified atom stereocenters. The molecule has 0 aromatic carbocycles. The van der Waals surface area contributed by atoms with Crippen molar-refractivity contribution in [1.82, 2.24) is 14.6 Å². The van der Waals surface area contributed by atoms with Crippen LogP contribution < -0.4 is 5.32 Å². The Morgan fingerprint density at radius 3 is 2.64 bits per heavy atom. The number of hydrogen-bond donors (Lipinski definition) is 1. The highest BCUT2D eigenvalue weighted by Gasteiger charge is 2.53. The van der Waals surface area contributed by atoms with Crippen LogP contribution in [-0.4, -0.2) is 36.7 Å². The molecule has 4 rings (SSSR count). The third-order valence-electron chi connectivity index (χ3n) is 6.09. The van der Waals surface area contributed by atoms with E-state index >= 15 is 0 Å². The Morgan fingerprint density at radius 2 is 1.96 bits per heavy atom. The summed E-state index contributed by atoms with van der Waals surface area (Å²) in [6, 6.07) is 7.14. The third kappa shape index (κ3) is 3.73. The maximum Gasteiger partial charge on any atom is 0.252 e. The van der Waals surface area contributed by atoms with Crippen molar-refractivity contribution in [3.8, 4) is 0 Å². The normalized spacial score (nSPS) is 22.4. The Morgan fingerprint density at radius 1 is 1.21 bits per heavy atom. The van der Waals surface area contributed by atoms with Gasteiger partial charge in [-0.25, -0.2) is 8.42 Å². The highest BCUT2D eigenvalue weighted by molar-refractivity contribution is 7.91. The lowest BCUT2D eigenvalue weighted by Gasteiger charge is -2.37. The third-order valence-corrected chi connectivity index (χ3v) is 9.27. The van der Waals surface area contributed by atoms with Crippen molar-refractivity contribution < 1.29 is 13.2 Å². The van der Waals surface area contributed by atoms with Crippen molar-refractivity contribution in [2.24, 2.45) is 11.3 Å². The summed E-state index contributed by atoms with van der Waals surface area (Å²) in [6.07, 6.45) is 8.50. The van der Waals surface area contributed by atoms with Gasteiger partial charge < -0.3 is 5.32 Å². The molecule has 28 heavy (non-hydrogen) atoms. The van der Waals surface area contributed by atoms with Gasteiger partial charge in [-0.1, -0.05) is 25.3 Å². The van der Waals surface area contributed by atoms with Gasteiger partial charge in [0.15, 0.2) is 0 Å². The van der Waals surface area contributed by atoms with Gasteiger partial charge in [0.2, 0.25) is 5.91 Å². The number of amides is 1. The Bertz CT molecular complexity index is 907. The summed E-state index contributed by atoms with van der Waals surface area (Å²) < 4.78 is 28.0. The molecule has 1 saturated heterocycles. The first-order chi connectivity index (χ1) is 13.5. The summed E-state index contributed by atoms with van der Waals surface area (Å²) in [7, 11) is -3.54. The molecule has 2 aromatic heterocycles. The summed E-state index contributed by atoms with van der Waals surface area (Å²) in [5.74, 6) is -0.341. The van der Waals surface area contributed by atoms with Crippen LogP contribution in [0, 0.1) is 11.3 Å². The first kappa shape index (κ1) is 19.5. The zero-order valence-electron chi connectivity index (χ0n) is 15.7. The van der Waals surface area contributed by atoms with E-state index in [1.807, 2.05) is 12.1 Å². The topological polar surface area (TPSA) is 79.4 Å². The number of carbonyl (C=O) groups is 1. The van der Waals surface area contributed by atoms with Crippen molar-refractivity contribution in [1.29, 1.82) is 0 Å². The number of nitrogens with zero attached hydrogens (tertiary/aromatic N) is 2. The molecule has 0 radical (unpaired) electrons. The van der Waals surface area contributed by atoms with E-state index in [9.17, 15) is 13.2 Å². The molecule has 6 nitrogen and oxygen atoms in total. The van der Waals surface area contributed by atoms with Gasteiger partial charge in [0.25, 0.3) is 10.0 Å². The van der Waals surface area contributed by atoms with E-state index in [0.29, 0.717) is 17.3 Å². The van der Waals surface area contributed by atoms with E-state index < -0.39 is 10.0 Å². The average molecular weight is 420 g/mol. The number of rotatable bonds is 5. The lowest BCUT2D eigenvalue weighted by molar-refractivity contribution is -0.128. The van der Waals surface area contributed by atoms with Crippen molar-refractivity contribution in [2.75, 3.05) is 13.1 Å². The van der Waals surface area contributed by atoms with Crippen molar-refractivity contribution in [3.05, 3.63) is 47.6 Å². The second-order valence-corrected chi connectivity index (χ2v) is 10.9. The average Bonchev–Trinajstić information content (AvgIpc) is 3.37. The minimum Gasteiger partial charge on any atom is -0.352 e. The van der Waals surface area contributed by atoms with E-state index in [1.165, 1.54) is 11.3 Å². The fraction of sp³-hybridized carbons (Fsp3) is 0.500. The number of pyridine rings is 1. The number of sulfonamides is 1. The zero-order valence-corrected chi connectivity index (χ0v) is 17.3. The van der Waals surface area contributed by atoms with Gasteiger partial charge in [-0.05, 0) is 47.4 Å². The maximum absolute atomic E-state index is 13.1. The Hall–Kier alpha value is -1.77. The first-order valence-electron chi connectivity index (χ1n) is 9.72. The van der Waals surface area contributed by atoms with Crippen LogP contribution >= 0.6 is 11.3 Å². The minimum absolute atomic E-state index is 0.0393. The molecule has 2 aliphatic rings. The minimum atomic E-state index is -3.54. The maximum atomic E-state index is 13.1. The number of thiophene rings is 1. The molecule has 1 N–H and O–H groups in total. The summed E-state index contributed by atoms with van der Waals surface area (Å²) >= 11 is 1.23. The molecule has 1 aliphatic carbocycles. The van der Waals surface area contributed by atoms with Crippen LogP contribution in [0.25, 0.3) is 0 Å². The molecule has 8 heteroatoms. The number of nitrogens with one attached hydrogen (secondary N) is 1. The van der Waals surface area contributed by atoms with E-state index in [2.05, 4.69) is 10.3 Å². The molecule has 2 aromatic rings. The monoisotopic (exact) mass is 419 g/mol. The Kier molecular flexibility index (Phi) is 5.53. The predicted octanol–water partition coefficient (Wildman–Crippen LogP) is 3.03. The van der Waals surface area contributed by atoms with Gasteiger partial charge >= 0.3 is 0 Å². The smallest absolute Gasteiger partial charge is 0.252 e. The first-order valence-corrected chi connectivity index (χ1v) is 12.0. The van der Waals surface area contributed by atoms with Gasteiger partial charge in [0, 0.05) is 32.0 Å². The molecule has 1 spiro atoms. The highest BCUT2D eigenvalue weighted by Crippen LogP contribution is 2.49. The Labute approximate surface area is 170 Å². The second-order valence-electron chi connectivity index (χ2n) is 7.78. The van der Waals surface area contributed by atoms with Crippen molar-refractivity contribution in [3.63, 3.8) is 0 Å². The van der Waals surface area contributed by atoms with E-state index in [4.69, 9.17) is 0 Å². The summed E-state index contributed by atoms with van der Waals surface area (Å²) in [5, 5.41) is 4.81. The quantitative estimate of drug-likeness (QED) is 0.808. The molecule has 0 bridgehead atoms. The molecule has 1 atom stereocenters. The molecule has 1 amide bonds. The molecular weight excluding hydrogens is 394 g/mol. The molecule has 2 fully saturated rings. The number of hydrogen-bond acceptors (Lipinski definition) is 5. The van der Waals surface area contributed by atoms with Crippen LogP contribution in [0.2, 0.25) is 0 Å². The number of aromatic nitrogens is 1. The van der Waals surface area contributed by atoms with E-state index in [1.54, 1.807) is 34.2 Å². The van der Waals surface area contributed by atoms with Gasteiger partial charge in [-0.2, -0.15) is 4.31 Å². The van der Waals surface area contributed by atoms with Crippen molar-refractivity contribution in [2.45, 2.75) is 42.9 Å².